The Labute approximate surface area is 134 Å². The van der Waals surface area contributed by atoms with Gasteiger partial charge in [0.1, 0.15) is 0 Å². The Hall–Kier alpha value is -1.98. The number of aliphatic hydroxyl groups is 1. The third-order valence-electron chi connectivity index (χ3n) is 3.31. The minimum Gasteiger partial charge on any atom is -0.396 e. The molecule has 0 bridgehead atoms. The van der Waals surface area contributed by atoms with Gasteiger partial charge in [-0.15, -0.1) is 11.3 Å². The lowest BCUT2D eigenvalue weighted by molar-refractivity contribution is -0.116. The summed E-state index contributed by atoms with van der Waals surface area (Å²) in [7, 11) is 0. The van der Waals surface area contributed by atoms with Crippen LogP contribution < -0.4 is 5.32 Å². The minimum atomic E-state index is -0.134. The quantitative estimate of drug-likeness (QED) is 0.772. The van der Waals surface area contributed by atoms with Crippen molar-refractivity contribution in [2.75, 3.05) is 13.2 Å². The van der Waals surface area contributed by atoms with E-state index in [1.807, 2.05) is 37.3 Å². The Bertz CT molecular complexity index is 623. The lowest BCUT2D eigenvalue weighted by Gasteiger charge is -2.16. The first-order chi connectivity index (χ1) is 10.7. The Morgan fingerprint density at radius 2 is 2.18 bits per heavy atom. The molecule has 1 heterocycles. The molecule has 0 fully saturated rings. The molecule has 4 nitrogen and oxygen atoms in total. The highest BCUT2D eigenvalue weighted by molar-refractivity contribution is 7.12. The highest BCUT2D eigenvalue weighted by Gasteiger charge is 2.11. The van der Waals surface area contributed by atoms with Gasteiger partial charge in [-0.3, -0.25) is 4.79 Å². The van der Waals surface area contributed by atoms with Crippen LogP contribution in [-0.2, 0) is 4.79 Å². The van der Waals surface area contributed by atoms with E-state index < -0.39 is 0 Å². The highest BCUT2D eigenvalue weighted by Crippen LogP contribution is 2.18. The lowest BCUT2D eigenvalue weighted by atomic mass is 9.96. The Morgan fingerprint density at radius 1 is 1.41 bits per heavy atom. The van der Waals surface area contributed by atoms with Crippen molar-refractivity contribution in [3.63, 3.8) is 0 Å². The third-order valence-corrected chi connectivity index (χ3v) is 4.19. The van der Waals surface area contributed by atoms with Gasteiger partial charge in [-0.05, 0) is 25.0 Å². The maximum Gasteiger partial charge on any atom is 0.244 e. The number of nitrogens with one attached hydrogen (secondary N) is 1. The molecule has 22 heavy (non-hydrogen) atoms. The summed E-state index contributed by atoms with van der Waals surface area (Å²) in [6, 6.07) is 9.92. The number of carbonyl (C=O) groups excluding carboxylic acids is 1. The number of aromatic nitrogens is 1. The van der Waals surface area contributed by atoms with E-state index in [0.717, 1.165) is 15.4 Å². The van der Waals surface area contributed by atoms with Crippen molar-refractivity contribution in [2.45, 2.75) is 19.3 Å². The van der Waals surface area contributed by atoms with Gasteiger partial charge in [0, 0.05) is 36.2 Å². The van der Waals surface area contributed by atoms with E-state index in [0.29, 0.717) is 13.0 Å². The number of nitrogens with zero attached hydrogens (tertiary/aromatic N) is 1. The number of hydrogen-bond donors (Lipinski definition) is 2. The highest BCUT2D eigenvalue weighted by atomic mass is 32.1. The molecular weight excluding hydrogens is 296 g/mol. The second kappa shape index (κ2) is 8.46. The van der Waals surface area contributed by atoms with Crippen LogP contribution in [0.15, 0.2) is 42.6 Å². The summed E-state index contributed by atoms with van der Waals surface area (Å²) in [6.07, 6.45) is 5.67. The fourth-order valence-electron chi connectivity index (χ4n) is 2.16. The van der Waals surface area contributed by atoms with Gasteiger partial charge in [-0.2, -0.15) is 0 Å². The standard InChI is InChI=1S/C17H20N2O2S/c1-13-18-12-16(22-13)7-8-17(21)19-11-15(9-10-20)14-5-3-2-4-6-14/h2-8,12,15,20H,9-11H2,1H3,(H,19,21)/b8-7+. The van der Waals surface area contributed by atoms with Crippen LogP contribution in [0.3, 0.4) is 0 Å². The molecule has 0 saturated carbocycles. The van der Waals surface area contributed by atoms with Crippen molar-refractivity contribution in [2.24, 2.45) is 0 Å². The molecule has 116 valence electrons. The molecule has 0 radical (unpaired) electrons. The Balaban J connectivity index is 1.89. The minimum absolute atomic E-state index is 0.103. The molecular formula is C17H20N2O2S. The van der Waals surface area contributed by atoms with Crippen LogP contribution in [0.4, 0.5) is 0 Å². The summed E-state index contributed by atoms with van der Waals surface area (Å²) < 4.78 is 0. The first-order valence-electron chi connectivity index (χ1n) is 7.23. The van der Waals surface area contributed by atoms with Crippen molar-refractivity contribution in [3.8, 4) is 0 Å². The number of benzene rings is 1. The van der Waals surface area contributed by atoms with Gasteiger partial charge in [-0.25, -0.2) is 4.98 Å². The van der Waals surface area contributed by atoms with Gasteiger partial charge in [-0.1, -0.05) is 30.3 Å². The van der Waals surface area contributed by atoms with Crippen molar-refractivity contribution < 1.29 is 9.90 Å². The van der Waals surface area contributed by atoms with E-state index in [1.165, 1.54) is 6.08 Å². The topological polar surface area (TPSA) is 62.2 Å². The molecule has 2 aromatic rings. The summed E-state index contributed by atoms with van der Waals surface area (Å²) in [4.78, 5) is 17.0. The summed E-state index contributed by atoms with van der Waals surface area (Å²) >= 11 is 1.55. The zero-order valence-electron chi connectivity index (χ0n) is 12.5. The zero-order chi connectivity index (χ0) is 15.8. The molecule has 2 N–H and O–H groups in total. The molecule has 0 aliphatic heterocycles. The summed E-state index contributed by atoms with van der Waals surface area (Å²) in [5.41, 5.74) is 1.12. The van der Waals surface area contributed by atoms with E-state index in [-0.39, 0.29) is 18.4 Å². The average molecular weight is 316 g/mol. The molecule has 0 spiro atoms. The number of aryl methyl sites for hydroxylation is 1. The van der Waals surface area contributed by atoms with E-state index in [9.17, 15) is 9.90 Å². The SMILES string of the molecule is Cc1ncc(/C=C/C(=O)NCC(CCO)c2ccccc2)s1. The molecule has 0 aliphatic carbocycles. The molecule has 0 saturated heterocycles. The van der Waals surface area contributed by atoms with Crippen LogP contribution in [0.5, 0.6) is 0 Å². The molecule has 1 aromatic heterocycles. The monoisotopic (exact) mass is 316 g/mol. The van der Waals surface area contributed by atoms with Gasteiger partial charge in [0.15, 0.2) is 0 Å². The molecule has 0 aliphatic rings. The average Bonchev–Trinajstić information content (AvgIpc) is 2.96. The van der Waals surface area contributed by atoms with Crippen molar-refractivity contribution in [3.05, 3.63) is 58.1 Å². The second-order valence-corrected chi connectivity index (χ2v) is 6.25. The predicted molar refractivity (Wildman–Crippen MR) is 89.8 cm³/mol. The van der Waals surface area contributed by atoms with Gasteiger partial charge < -0.3 is 10.4 Å². The van der Waals surface area contributed by atoms with Gasteiger partial charge in [0.2, 0.25) is 5.91 Å². The number of rotatable bonds is 7. The molecule has 5 heteroatoms. The maximum absolute atomic E-state index is 11.9. The normalized spacial score (nSPS) is 12.5. The third kappa shape index (κ3) is 5.09. The molecule has 2 rings (SSSR count). The fourth-order valence-corrected chi connectivity index (χ4v) is 2.85. The first kappa shape index (κ1) is 16.4. The Kier molecular flexibility index (Phi) is 6.30. The van der Waals surface area contributed by atoms with Crippen LogP contribution in [-0.4, -0.2) is 29.1 Å². The number of hydrogen-bond acceptors (Lipinski definition) is 4. The van der Waals surface area contributed by atoms with Crippen LogP contribution in [0.25, 0.3) is 6.08 Å². The number of carbonyl (C=O) groups is 1. The lowest BCUT2D eigenvalue weighted by Crippen LogP contribution is -2.27. The van der Waals surface area contributed by atoms with Crippen LogP contribution in [0.2, 0.25) is 0 Å². The summed E-state index contributed by atoms with van der Waals surface area (Å²) in [6.45, 7) is 2.54. The van der Waals surface area contributed by atoms with E-state index in [2.05, 4.69) is 10.3 Å². The number of thiazole rings is 1. The number of aliphatic hydroxyl groups excluding tert-OH is 1. The van der Waals surface area contributed by atoms with Crippen molar-refractivity contribution in [1.82, 2.24) is 10.3 Å². The molecule has 1 atom stereocenters. The smallest absolute Gasteiger partial charge is 0.244 e. The van der Waals surface area contributed by atoms with Crippen molar-refractivity contribution in [1.29, 1.82) is 0 Å². The summed E-state index contributed by atoms with van der Waals surface area (Å²) in [5.74, 6) is -0.0147. The van der Waals surface area contributed by atoms with Gasteiger partial charge in [0.25, 0.3) is 0 Å². The summed E-state index contributed by atoms with van der Waals surface area (Å²) in [5, 5.41) is 13.1. The molecule has 1 unspecified atom stereocenters. The first-order valence-corrected chi connectivity index (χ1v) is 8.05. The molecule has 1 amide bonds. The van der Waals surface area contributed by atoms with Gasteiger partial charge in [0.05, 0.1) is 5.01 Å². The van der Waals surface area contributed by atoms with Crippen molar-refractivity contribution >= 4 is 23.3 Å². The van der Waals surface area contributed by atoms with Crippen LogP contribution >= 0.6 is 11.3 Å². The molecule has 1 aromatic carbocycles. The fraction of sp³-hybridized carbons (Fsp3) is 0.294. The van der Waals surface area contributed by atoms with Crippen LogP contribution in [0, 0.1) is 6.92 Å². The van der Waals surface area contributed by atoms with E-state index in [4.69, 9.17) is 0 Å². The largest absolute Gasteiger partial charge is 0.396 e. The van der Waals surface area contributed by atoms with E-state index in [1.54, 1.807) is 23.6 Å². The maximum atomic E-state index is 11.9. The second-order valence-electron chi connectivity index (χ2n) is 4.98. The predicted octanol–water partition coefficient (Wildman–Crippen LogP) is 2.75. The number of amides is 1. The van der Waals surface area contributed by atoms with E-state index >= 15 is 0 Å². The Morgan fingerprint density at radius 3 is 2.82 bits per heavy atom. The van der Waals surface area contributed by atoms with Crippen LogP contribution in [0.1, 0.15) is 27.8 Å². The zero-order valence-corrected chi connectivity index (χ0v) is 13.3. The van der Waals surface area contributed by atoms with Gasteiger partial charge >= 0.3 is 0 Å².